The zero-order valence-electron chi connectivity index (χ0n) is 16.2. The Morgan fingerprint density at radius 3 is 2.59 bits per heavy atom. The molecular weight excluding hydrogens is 364 g/mol. The number of rotatable bonds is 5. The van der Waals surface area contributed by atoms with E-state index in [1.165, 1.54) is 0 Å². The van der Waals surface area contributed by atoms with Crippen molar-refractivity contribution in [2.75, 3.05) is 7.11 Å². The van der Waals surface area contributed by atoms with E-state index in [1.807, 2.05) is 62.7 Å². The number of amides is 1. The van der Waals surface area contributed by atoms with Crippen molar-refractivity contribution in [3.8, 4) is 5.75 Å². The number of pyridine rings is 1. The van der Waals surface area contributed by atoms with Crippen LogP contribution in [0.2, 0.25) is 0 Å². The van der Waals surface area contributed by atoms with Crippen molar-refractivity contribution in [2.45, 2.75) is 40.3 Å². The molecule has 3 aromatic rings. The summed E-state index contributed by atoms with van der Waals surface area (Å²) in [5, 5.41) is 8.37. The molecule has 6 nitrogen and oxygen atoms in total. The summed E-state index contributed by atoms with van der Waals surface area (Å²) in [5.41, 5.74) is 4.18. The van der Waals surface area contributed by atoms with Gasteiger partial charge in [0, 0.05) is 17.1 Å². The van der Waals surface area contributed by atoms with Crippen molar-refractivity contribution in [3.05, 3.63) is 53.0 Å². The second-order valence-corrected chi connectivity index (χ2v) is 6.66. The molecule has 7 heteroatoms. The van der Waals surface area contributed by atoms with Gasteiger partial charge in [0.25, 0.3) is 5.91 Å². The Bertz CT molecular complexity index is 968. The number of aryl methyl sites for hydroxylation is 3. The first-order chi connectivity index (χ1) is 12.4. The van der Waals surface area contributed by atoms with Gasteiger partial charge in [-0.1, -0.05) is 0 Å². The second-order valence-electron chi connectivity index (χ2n) is 6.66. The van der Waals surface area contributed by atoms with Gasteiger partial charge in [0.05, 0.1) is 36.1 Å². The summed E-state index contributed by atoms with van der Waals surface area (Å²) in [6.45, 7) is 8.43. The number of methoxy groups -OCH3 is 1. The zero-order valence-corrected chi connectivity index (χ0v) is 17.1. The summed E-state index contributed by atoms with van der Waals surface area (Å²) in [7, 11) is 1.62. The minimum absolute atomic E-state index is 0. The van der Waals surface area contributed by atoms with E-state index >= 15 is 0 Å². The van der Waals surface area contributed by atoms with Crippen LogP contribution in [-0.4, -0.2) is 33.8 Å². The van der Waals surface area contributed by atoms with Crippen LogP contribution in [0, 0.1) is 20.8 Å². The molecule has 2 heterocycles. The Hall–Kier alpha value is -2.60. The molecule has 0 bridgehead atoms. The highest BCUT2D eigenvalue weighted by atomic mass is 35.5. The summed E-state index contributed by atoms with van der Waals surface area (Å²) < 4.78 is 7.17. The molecule has 1 unspecified atom stereocenters. The minimum Gasteiger partial charge on any atom is -0.497 e. The SMILES string of the molecule is COc1ccc2nc(C)c(C(=O)NC(C)Cn3nc(C)cc3C)cc2c1.Cl. The topological polar surface area (TPSA) is 69.0 Å². The quantitative estimate of drug-likeness (QED) is 0.725. The molecule has 0 aliphatic rings. The van der Waals surface area contributed by atoms with Gasteiger partial charge in [-0.05, 0) is 58.0 Å². The highest BCUT2D eigenvalue weighted by Crippen LogP contribution is 2.22. The van der Waals surface area contributed by atoms with E-state index in [1.54, 1.807) is 7.11 Å². The molecule has 3 rings (SSSR count). The lowest BCUT2D eigenvalue weighted by atomic mass is 10.1. The predicted molar refractivity (Wildman–Crippen MR) is 109 cm³/mol. The van der Waals surface area contributed by atoms with Crippen molar-refractivity contribution < 1.29 is 9.53 Å². The number of hydrogen-bond donors (Lipinski definition) is 1. The number of fused-ring (bicyclic) bond motifs is 1. The lowest BCUT2D eigenvalue weighted by molar-refractivity contribution is 0.0935. The lowest BCUT2D eigenvalue weighted by Gasteiger charge is -2.16. The molecular formula is C20H25ClN4O2. The zero-order chi connectivity index (χ0) is 18.8. The standard InChI is InChI=1S/C20H24N4O2.ClH/c1-12-8-14(3)24(23-12)11-13(2)21-20(25)18-10-16-9-17(26-5)6-7-19(16)22-15(18)4;/h6-10,13H,11H2,1-5H3,(H,21,25);1H. The summed E-state index contributed by atoms with van der Waals surface area (Å²) in [4.78, 5) is 17.3. The fourth-order valence-corrected chi connectivity index (χ4v) is 3.07. The number of benzene rings is 1. The first-order valence-corrected chi connectivity index (χ1v) is 8.64. The first kappa shape index (κ1) is 20.7. The molecule has 144 valence electrons. The third kappa shape index (κ3) is 4.57. The van der Waals surface area contributed by atoms with Crippen LogP contribution >= 0.6 is 12.4 Å². The van der Waals surface area contributed by atoms with E-state index in [-0.39, 0.29) is 24.4 Å². The fraction of sp³-hybridized carbons (Fsp3) is 0.350. The number of aromatic nitrogens is 3. The average Bonchev–Trinajstić information content (AvgIpc) is 2.90. The number of halogens is 1. The number of nitrogens with zero attached hydrogens (tertiary/aromatic N) is 3. The molecule has 1 N–H and O–H groups in total. The van der Waals surface area contributed by atoms with Gasteiger partial charge in [-0.15, -0.1) is 12.4 Å². The van der Waals surface area contributed by atoms with Gasteiger partial charge in [-0.2, -0.15) is 5.10 Å². The van der Waals surface area contributed by atoms with Crippen molar-refractivity contribution >= 4 is 29.2 Å². The van der Waals surface area contributed by atoms with Crippen LogP contribution in [0.1, 0.15) is 34.4 Å². The fourth-order valence-electron chi connectivity index (χ4n) is 3.07. The molecule has 0 aliphatic heterocycles. The van der Waals surface area contributed by atoms with Gasteiger partial charge < -0.3 is 10.1 Å². The maximum Gasteiger partial charge on any atom is 0.253 e. The van der Waals surface area contributed by atoms with Crippen LogP contribution in [0.25, 0.3) is 10.9 Å². The second kappa shape index (κ2) is 8.39. The van der Waals surface area contributed by atoms with E-state index in [9.17, 15) is 4.79 Å². The van der Waals surface area contributed by atoms with Gasteiger partial charge in [0.15, 0.2) is 0 Å². The Morgan fingerprint density at radius 2 is 1.96 bits per heavy atom. The molecule has 0 saturated heterocycles. The Labute approximate surface area is 165 Å². The van der Waals surface area contributed by atoms with Crippen LogP contribution in [-0.2, 0) is 6.54 Å². The third-order valence-corrected chi connectivity index (χ3v) is 4.38. The largest absolute Gasteiger partial charge is 0.497 e. The highest BCUT2D eigenvalue weighted by Gasteiger charge is 2.15. The first-order valence-electron chi connectivity index (χ1n) is 8.64. The minimum atomic E-state index is -0.131. The highest BCUT2D eigenvalue weighted by molar-refractivity contribution is 5.99. The molecule has 0 spiro atoms. The monoisotopic (exact) mass is 388 g/mol. The van der Waals surface area contributed by atoms with Crippen molar-refractivity contribution in [3.63, 3.8) is 0 Å². The predicted octanol–water partition coefficient (Wildman–Crippen LogP) is 3.61. The molecule has 1 amide bonds. The summed E-state index contributed by atoms with van der Waals surface area (Å²) >= 11 is 0. The molecule has 0 fully saturated rings. The molecule has 0 aliphatic carbocycles. The third-order valence-electron chi connectivity index (χ3n) is 4.38. The van der Waals surface area contributed by atoms with Crippen molar-refractivity contribution in [2.24, 2.45) is 0 Å². The summed E-state index contributed by atoms with van der Waals surface area (Å²) in [5.74, 6) is 0.612. The maximum absolute atomic E-state index is 12.7. The Balaban J connectivity index is 0.00000261. The van der Waals surface area contributed by atoms with E-state index in [0.29, 0.717) is 17.8 Å². The van der Waals surface area contributed by atoms with Gasteiger partial charge >= 0.3 is 0 Å². The van der Waals surface area contributed by atoms with E-state index in [0.717, 1.165) is 28.0 Å². The average molecular weight is 389 g/mol. The molecule has 0 saturated carbocycles. The Kier molecular flexibility index (Phi) is 6.44. The van der Waals surface area contributed by atoms with E-state index < -0.39 is 0 Å². The number of nitrogens with one attached hydrogen (secondary N) is 1. The van der Waals surface area contributed by atoms with Gasteiger partial charge in [0.2, 0.25) is 0 Å². The van der Waals surface area contributed by atoms with Crippen LogP contribution in [0.4, 0.5) is 0 Å². The number of ether oxygens (including phenoxy) is 1. The van der Waals surface area contributed by atoms with Crippen LogP contribution in [0.5, 0.6) is 5.75 Å². The summed E-state index contributed by atoms with van der Waals surface area (Å²) in [6.07, 6.45) is 0. The number of carbonyl (C=O) groups excluding carboxylic acids is 1. The molecule has 1 atom stereocenters. The summed E-state index contributed by atoms with van der Waals surface area (Å²) in [6, 6.07) is 9.49. The van der Waals surface area contributed by atoms with Crippen LogP contribution in [0.3, 0.4) is 0 Å². The Morgan fingerprint density at radius 1 is 1.22 bits per heavy atom. The van der Waals surface area contributed by atoms with Gasteiger partial charge in [-0.3, -0.25) is 14.5 Å². The molecule has 27 heavy (non-hydrogen) atoms. The van der Waals surface area contributed by atoms with Crippen molar-refractivity contribution in [1.82, 2.24) is 20.1 Å². The molecule has 1 aromatic carbocycles. The van der Waals surface area contributed by atoms with Crippen LogP contribution < -0.4 is 10.1 Å². The molecule has 2 aromatic heterocycles. The molecule has 0 radical (unpaired) electrons. The van der Waals surface area contributed by atoms with E-state index in [4.69, 9.17) is 4.74 Å². The van der Waals surface area contributed by atoms with Crippen molar-refractivity contribution in [1.29, 1.82) is 0 Å². The van der Waals surface area contributed by atoms with Gasteiger partial charge in [-0.25, -0.2) is 0 Å². The van der Waals surface area contributed by atoms with E-state index in [2.05, 4.69) is 15.4 Å². The number of hydrogen-bond acceptors (Lipinski definition) is 4. The smallest absolute Gasteiger partial charge is 0.253 e. The lowest BCUT2D eigenvalue weighted by Crippen LogP contribution is -2.36. The normalized spacial score (nSPS) is 11.7. The van der Waals surface area contributed by atoms with Crippen LogP contribution in [0.15, 0.2) is 30.3 Å². The van der Waals surface area contributed by atoms with Gasteiger partial charge in [0.1, 0.15) is 5.75 Å². The maximum atomic E-state index is 12.7. The number of carbonyl (C=O) groups is 1.